The summed E-state index contributed by atoms with van der Waals surface area (Å²) in [7, 11) is 0. The van der Waals surface area contributed by atoms with Crippen LogP contribution in [0.1, 0.15) is 35.2 Å². The van der Waals surface area contributed by atoms with Crippen LogP contribution in [0.5, 0.6) is 11.5 Å². The van der Waals surface area contributed by atoms with Crippen molar-refractivity contribution >= 4 is 38.7 Å². The standard InChI is InChI=1S/C31H26BrF3N2O5/c1-17-27(21-16-20(32)12-14-22(21)36-28(17)18-7-3-2-4-8-18)29(38)37-23-13-11-19(30(39)40)15-26(23)41-24-9-5-6-10-25(24)42-31(33,34)35/h2-10,12,14,16,19,23,26H,11,13,15H2,1H3,(H,37,38)(H,39,40)/t19-,23+,26?/m0/s1. The molecule has 2 N–H and O–H groups in total. The molecule has 0 aliphatic heterocycles. The first-order valence-electron chi connectivity index (χ1n) is 13.2. The molecular weight excluding hydrogens is 617 g/mol. The molecule has 1 aliphatic carbocycles. The molecule has 0 radical (unpaired) electrons. The van der Waals surface area contributed by atoms with E-state index in [4.69, 9.17) is 9.72 Å². The van der Waals surface area contributed by atoms with Gasteiger partial charge in [-0.2, -0.15) is 0 Å². The second-order valence-corrected chi connectivity index (χ2v) is 11.0. The van der Waals surface area contributed by atoms with Crippen LogP contribution in [0.3, 0.4) is 0 Å². The predicted molar refractivity (Wildman–Crippen MR) is 153 cm³/mol. The molecule has 1 aromatic heterocycles. The topological polar surface area (TPSA) is 97.8 Å². The Labute approximate surface area is 247 Å². The van der Waals surface area contributed by atoms with Crippen LogP contribution < -0.4 is 14.8 Å². The van der Waals surface area contributed by atoms with E-state index in [0.29, 0.717) is 27.7 Å². The monoisotopic (exact) mass is 642 g/mol. The van der Waals surface area contributed by atoms with Gasteiger partial charge in [0.05, 0.1) is 28.7 Å². The normalized spacial score (nSPS) is 18.8. The van der Waals surface area contributed by atoms with Crippen molar-refractivity contribution in [1.29, 1.82) is 0 Å². The second kappa shape index (κ2) is 12.0. The van der Waals surface area contributed by atoms with Crippen molar-refractivity contribution in [3.63, 3.8) is 0 Å². The van der Waals surface area contributed by atoms with Gasteiger partial charge in [0.15, 0.2) is 11.5 Å². The van der Waals surface area contributed by atoms with E-state index in [2.05, 4.69) is 26.0 Å². The van der Waals surface area contributed by atoms with Crippen LogP contribution in [0, 0.1) is 12.8 Å². The average Bonchev–Trinajstić information content (AvgIpc) is 2.94. The molecular formula is C31H26BrF3N2O5. The molecule has 0 bridgehead atoms. The summed E-state index contributed by atoms with van der Waals surface area (Å²) < 4.78 is 49.9. The Morgan fingerprint density at radius 3 is 2.38 bits per heavy atom. The molecule has 3 atom stereocenters. The van der Waals surface area contributed by atoms with Crippen molar-refractivity contribution in [3.8, 4) is 22.8 Å². The number of benzene rings is 3. The second-order valence-electron chi connectivity index (χ2n) is 10.1. The van der Waals surface area contributed by atoms with Crippen LogP contribution in [0.25, 0.3) is 22.2 Å². The molecule has 4 aromatic rings. The number of nitrogens with zero attached hydrogens (tertiary/aromatic N) is 1. The molecule has 1 aliphatic rings. The lowest BCUT2D eigenvalue weighted by Crippen LogP contribution is -2.50. The third kappa shape index (κ3) is 6.51. The highest BCUT2D eigenvalue weighted by molar-refractivity contribution is 9.10. The summed E-state index contributed by atoms with van der Waals surface area (Å²) >= 11 is 3.47. The number of fused-ring (bicyclic) bond motifs is 1. The highest BCUT2D eigenvalue weighted by Gasteiger charge is 2.38. The highest BCUT2D eigenvalue weighted by Crippen LogP contribution is 2.37. The minimum atomic E-state index is -4.95. The molecule has 0 spiro atoms. The smallest absolute Gasteiger partial charge is 0.484 e. The molecule has 42 heavy (non-hydrogen) atoms. The Morgan fingerprint density at radius 2 is 1.69 bits per heavy atom. The quantitative estimate of drug-likeness (QED) is 0.219. The maximum atomic E-state index is 14.0. The number of carbonyl (C=O) groups excluding carboxylic acids is 1. The number of aliphatic carboxylic acids is 1. The van der Waals surface area contributed by atoms with Gasteiger partial charge < -0.3 is 19.9 Å². The molecule has 7 nitrogen and oxygen atoms in total. The number of aromatic nitrogens is 1. The van der Waals surface area contributed by atoms with Crippen LogP contribution in [-0.2, 0) is 4.79 Å². The van der Waals surface area contributed by atoms with Gasteiger partial charge in [-0.3, -0.25) is 9.59 Å². The Hall–Kier alpha value is -4.12. The molecule has 1 unspecified atom stereocenters. The number of amides is 1. The number of carbonyl (C=O) groups is 2. The third-order valence-corrected chi connectivity index (χ3v) is 7.77. The highest BCUT2D eigenvalue weighted by atomic mass is 79.9. The molecule has 3 aromatic carbocycles. The zero-order valence-corrected chi connectivity index (χ0v) is 23.9. The zero-order valence-electron chi connectivity index (χ0n) is 22.3. The van der Waals surface area contributed by atoms with Gasteiger partial charge in [-0.15, -0.1) is 13.2 Å². The van der Waals surface area contributed by atoms with Crippen molar-refractivity contribution in [3.05, 3.63) is 88.4 Å². The van der Waals surface area contributed by atoms with Gasteiger partial charge in [0.25, 0.3) is 5.91 Å². The number of hydrogen-bond acceptors (Lipinski definition) is 5. The third-order valence-electron chi connectivity index (χ3n) is 7.28. The fraction of sp³-hybridized carbons (Fsp3) is 0.258. The molecule has 1 heterocycles. The molecule has 1 saturated carbocycles. The van der Waals surface area contributed by atoms with Gasteiger partial charge in [-0.25, -0.2) is 4.98 Å². The summed E-state index contributed by atoms with van der Waals surface area (Å²) in [4.78, 5) is 30.7. The van der Waals surface area contributed by atoms with Crippen molar-refractivity contribution < 1.29 is 37.3 Å². The van der Waals surface area contributed by atoms with E-state index in [-0.39, 0.29) is 25.0 Å². The lowest BCUT2D eigenvalue weighted by atomic mass is 9.83. The first kappa shape index (κ1) is 29.4. The van der Waals surface area contributed by atoms with Gasteiger partial charge >= 0.3 is 12.3 Å². The number of ether oxygens (including phenoxy) is 2. The molecule has 218 valence electrons. The van der Waals surface area contributed by atoms with E-state index in [1.807, 2.05) is 49.4 Å². The Balaban J connectivity index is 1.51. The van der Waals surface area contributed by atoms with Crippen LogP contribution in [0.2, 0.25) is 0 Å². The van der Waals surface area contributed by atoms with E-state index in [1.165, 1.54) is 18.2 Å². The summed E-state index contributed by atoms with van der Waals surface area (Å²) in [6.45, 7) is 1.81. The van der Waals surface area contributed by atoms with Crippen LogP contribution >= 0.6 is 15.9 Å². The van der Waals surface area contributed by atoms with Crippen molar-refractivity contribution in [2.75, 3.05) is 0 Å². The Morgan fingerprint density at radius 1 is 1.00 bits per heavy atom. The summed E-state index contributed by atoms with van der Waals surface area (Å²) in [5.74, 6) is -3.02. The van der Waals surface area contributed by atoms with Crippen molar-refractivity contribution in [2.45, 2.75) is 44.7 Å². The van der Waals surface area contributed by atoms with E-state index >= 15 is 0 Å². The first-order chi connectivity index (χ1) is 20.0. The van der Waals surface area contributed by atoms with Gasteiger partial charge in [0, 0.05) is 15.4 Å². The van der Waals surface area contributed by atoms with Crippen LogP contribution in [0.15, 0.2) is 77.3 Å². The maximum absolute atomic E-state index is 14.0. The number of carboxylic acids is 1. The molecule has 5 rings (SSSR count). The van der Waals surface area contributed by atoms with E-state index in [1.54, 1.807) is 6.07 Å². The largest absolute Gasteiger partial charge is 0.573 e. The minimum absolute atomic E-state index is 0.0163. The first-order valence-corrected chi connectivity index (χ1v) is 14.0. The van der Waals surface area contributed by atoms with E-state index in [9.17, 15) is 27.9 Å². The predicted octanol–water partition coefficient (Wildman–Crippen LogP) is 7.30. The number of nitrogens with one attached hydrogen (secondary N) is 1. The number of hydrogen-bond donors (Lipinski definition) is 2. The summed E-state index contributed by atoms with van der Waals surface area (Å²) in [5.41, 5.74) is 3.10. The Kier molecular flexibility index (Phi) is 8.40. The average molecular weight is 643 g/mol. The van der Waals surface area contributed by atoms with Crippen LogP contribution in [-0.4, -0.2) is 40.5 Å². The summed E-state index contributed by atoms with van der Waals surface area (Å²) in [6, 6.07) is 19.5. The van der Waals surface area contributed by atoms with Gasteiger partial charge in [-0.1, -0.05) is 58.4 Å². The molecule has 11 heteroatoms. The van der Waals surface area contributed by atoms with Crippen molar-refractivity contribution in [2.24, 2.45) is 5.92 Å². The summed E-state index contributed by atoms with van der Waals surface area (Å²) in [5, 5.41) is 13.3. The number of carboxylic acid groups (broad SMARTS) is 1. The fourth-order valence-corrected chi connectivity index (χ4v) is 5.67. The van der Waals surface area contributed by atoms with E-state index in [0.717, 1.165) is 16.1 Å². The molecule has 1 fully saturated rings. The number of halogens is 4. The van der Waals surface area contributed by atoms with E-state index < -0.39 is 42.1 Å². The Bertz CT molecular complexity index is 1630. The zero-order chi connectivity index (χ0) is 30.0. The molecule has 1 amide bonds. The summed E-state index contributed by atoms with van der Waals surface area (Å²) in [6.07, 6.45) is -5.40. The van der Waals surface area contributed by atoms with Gasteiger partial charge in [-0.05, 0) is 62.1 Å². The number of rotatable bonds is 7. The minimum Gasteiger partial charge on any atom is -0.484 e. The number of para-hydroxylation sites is 2. The SMILES string of the molecule is Cc1c(-c2ccccc2)nc2ccc(Br)cc2c1C(=O)N[C@@H]1CC[C@H](C(=O)O)CC1Oc1ccccc1OC(F)(F)F. The lowest BCUT2D eigenvalue weighted by molar-refractivity contribution is -0.275. The fourth-order valence-electron chi connectivity index (χ4n) is 5.31. The number of alkyl halides is 3. The maximum Gasteiger partial charge on any atom is 0.573 e. The van der Waals surface area contributed by atoms with Crippen molar-refractivity contribution in [1.82, 2.24) is 10.3 Å². The van der Waals surface area contributed by atoms with Gasteiger partial charge in [0.2, 0.25) is 0 Å². The van der Waals surface area contributed by atoms with Gasteiger partial charge in [0.1, 0.15) is 6.10 Å². The van der Waals surface area contributed by atoms with Crippen LogP contribution in [0.4, 0.5) is 13.2 Å². The lowest BCUT2D eigenvalue weighted by Gasteiger charge is -2.35. The number of pyridine rings is 1. The molecule has 0 saturated heterocycles.